The molecule has 2 aromatic carbocycles. The maximum absolute atomic E-state index is 13.7. The minimum Gasteiger partial charge on any atom is -0.493 e. The molecule has 0 bridgehead atoms. The van der Waals surface area contributed by atoms with Gasteiger partial charge in [-0.3, -0.25) is 9.59 Å². The first kappa shape index (κ1) is 26.6. The van der Waals surface area contributed by atoms with Crippen molar-refractivity contribution in [2.45, 2.75) is 38.1 Å². The third-order valence-corrected chi connectivity index (χ3v) is 7.04. The van der Waals surface area contributed by atoms with Crippen molar-refractivity contribution < 1.29 is 28.2 Å². The zero-order valence-corrected chi connectivity index (χ0v) is 21.6. The normalized spacial score (nSPS) is 17.6. The molecule has 8 nitrogen and oxygen atoms in total. The van der Waals surface area contributed by atoms with Gasteiger partial charge in [-0.05, 0) is 48.2 Å². The van der Waals surface area contributed by atoms with Crippen molar-refractivity contribution in [2.24, 2.45) is 11.0 Å². The van der Waals surface area contributed by atoms with E-state index >= 15 is 0 Å². The SMILES string of the molecule is COCCN(CC(=O)N1N=C(c2ccc(F)cc2)CC1c1ccc(OC)c(OC)c1)C(=O)C1CCCC1. The topological polar surface area (TPSA) is 80.7 Å². The number of hydrazone groups is 1. The van der Waals surface area contributed by atoms with Crippen molar-refractivity contribution in [3.8, 4) is 11.5 Å². The number of ether oxygens (including phenoxy) is 3. The highest BCUT2D eigenvalue weighted by molar-refractivity contribution is 6.03. The Morgan fingerprint density at radius 2 is 1.73 bits per heavy atom. The van der Waals surface area contributed by atoms with Crippen LogP contribution >= 0.6 is 0 Å². The number of hydrogen-bond donors (Lipinski definition) is 0. The van der Waals surface area contributed by atoms with E-state index in [1.54, 1.807) is 44.4 Å². The van der Waals surface area contributed by atoms with Crippen molar-refractivity contribution in [1.82, 2.24) is 9.91 Å². The van der Waals surface area contributed by atoms with E-state index in [9.17, 15) is 14.0 Å². The van der Waals surface area contributed by atoms with Crippen LogP contribution in [0, 0.1) is 11.7 Å². The molecule has 1 unspecified atom stereocenters. The van der Waals surface area contributed by atoms with Gasteiger partial charge < -0.3 is 19.1 Å². The van der Waals surface area contributed by atoms with Crippen LogP contribution in [0.2, 0.25) is 0 Å². The first-order valence-electron chi connectivity index (χ1n) is 12.6. The van der Waals surface area contributed by atoms with Crippen LogP contribution < -0.4 is 9.47 Å². The number of halogens is 1. The fourth-order valence-electron chi connectivity index (χ4n) is 5.01. The molecule has 2 aromatic rings. The van der Waals surface area contributed by atoms with E-state index in [1.165, 1.54) is 17.1 Å². The maximum Gasteiger partial charge on any atom is 0.262 e. The summed E-state index contributed by atoms with van der Waals surface area (Å²) >= 11 is 0. The van der Waals surface area contributed by atoms with Crippen LogP contribution in [-0.4, -0.2) is 68.5 Å². The fraction of sp³-hybridized carbons (Fsp3) is 0.464. The number of rotatable bonds is 10. The van der Waals surface area contributed by atoms with E-state index in [-0.39, 0.29) is 30.1 Å². The molecule has 1 atom stereocenters. The Morgan fingerprint density at radius 3 is 2.38 bits per heavy atom. The molecule has 0 spiro atoms. The van der Waals surface area contributed by atoms with Gasteiger partial charge in [0.1, 0.15) is 12.4 Å². The van der Waals surface area contributed by atoms with E-state index in [0.29, 0.717) is 36.8 Å². The average Bonchev–Trinajstić information content (AvgIpc) is 3.61. The maximum atomic E-state index is 13.7. The first-order chi connectivity index (χ1) is 17.9. The quantitative estimate of drug-likeness (QED) is 0.478. The van der Waals surface area contributed by atoms with Crippen molar-refractivity contribution in [3.63, 3.8) is 0 Å². The summed E-state index contributed by atoms with van der Waals surface area (Å²) in [6.07, 6.45) is 4.19. The van der Waals surface area contributed by atoms with Crippen LogP contribution in [-0.2, 0) is 14.3 Å². The second-order valence-electron chi connectivity index (χ2n) is 9.36. The van der Waals surface area contributed by atoms with Crippen molar-refractivity contribution in [2.75, 3.05) is 41.0 Å². The number of benzene rings is 2. The zero-order chi connectivity index (χ0) is 26.4. The monoisotopic (exact) mass is 511 g/mol. The summed E-state index contributed by atoms with van der Waals surface area (Å²) in [6, 6.07) is 11.1. The largest absolute Gasteiger partial charge is 0.493 e. The van der Waals surface area contributed by atoms with E-state index in [1.807, 2.05) is 12.1 Å². The van der Waals surface area contributed by atoms with Gasteiger partial charge >= 0.3 is 0 Å². The zero-order valence-electron chi connectivity index (χ0n) is 21.6. The Hall–Kier alpha value is -3.46. The van der Waals surface area contributed by atoms with Crippen LogP contribution in [0.25, 0.3) is 0 Å². The standard InChI is InChI=1S/C28H34FN3O5/c1-35-15-14-31(28(34)20-6-4-5-7-20)18-27(33)32-24(21-10-13-25(36-2)26(16-21)37-3)17-23(30-32)19-8-11-22(29)12-9-19/h8-13,16,20,24H,4-7,14-15,17-18H2,1-3H3. The molecule has 1 heterocycles. The van der Waals surface area contributed by atoms with Crippen LogP contribution in [0.5, 0.6) is 11.5 Å². The lowest BCUT2D eigenvalue weighted by Crippen LogP contribution is -2.44. The van der Waals surface area contributed by atoms with E-state index in [4.69, 9.17) is 14.2 Å². The molecule has 0 aromatic heterocycles. The van der Waals surface area contributed by atoms with Crippen LogP contribution in [0.3, 0.4) is 0 Å². The third-order valence-electron chi connectivity index (χ3n) is 7.04. The van der Waals surface area contributed by atoms with Gasteiger partial charge in [0, 0.05) is 26.0 Å². The Balaban J connectivity index is 1.63. The predicted octanol–water partition coefficient (Wildman–Crippen LogP) is 4.19. The Bertz CT molecular complexity index is 1130. The second kappa shape index (κ2) is 12.2. The molecule has 37 heavy (non-hydrogen) atoms. The molecule has 0 saturated heterocycles. The second-order valence-corrected chi connectivity index (χ2v) is 9.36. The molecular weight excluding hydrogens is 477 g/mol. The fourth-order valence-corrected chi connectivity index (χ4v) is 5.01. The summed E-state index contributed by atoms with van der Waals surface area (Å²) < 4.78 is 29.6. The van der Waals surface area contributed by atoms with Gasteiger partial charge in [-0.25, -0.2) is 9.40 Å². The summed E-state index contributed by atoms with van der Waals surface area (Å²) in [7, 11) is 4.70. The first-order valence-corrected chi connectivity index (χ1v) is 12.6. The number of nitrogens with zero attached hydrogens (tertiary/aromatic N) is 3. The third kappa shape index (κ3) is 6.10. The highest BCUT2D eigenvalue weighted by Crippen LogP contribution is 2.37. The molecule has 9 heteroatoms. The predicted molar refractivity (Wildman–Crippen MR) is 137 cm³/mol. The number of amides is 2. The molecule has 1 aliphatic carbocycles. The molecule has 1 saturated carbocycles. The van der Waals surface area contributed by atoms with Crippen molar-refractivity contribution >= 4 is 17.5 Å². The Labute approximate surface area is 217 Å². The van der Waals surface area contributed by atoms with E-state index in [2.05, 4.69) is 5.10 Å². The lowest BCUT2D eigenvalue weighted by Gasteiger charge is -2.28. The smallest absolute Gasteiger partial charge is 0.262 e. The highest BCUT2D eigenvalue weighted by Gasteiger charge is 2.36. The average molecular weight is 512 g/mol. The molecule has 2 aliphatic rings. The number of carbonyl (C=O) groups is 2. The highest BCUT2D eigenvalue weighted by atomic mass is 19.1. The molecular formula is C28H34FN3O5. The molecule has 2 amide bonds. The molecule has 0 radical (unpaired) electrons. The summed E-state index contributed by atoms with van der Waals surface area (Å²) in [5.41, 5.74) is 2.22. The molecule has 1 fully saturated rings. The van der Waals surface area contributed by atoms with Gasteiger partial charge in [0.05, 0.1) is 32.6 Å². The van der Waals surface area contributed by atoms with E-state index < -0.39 is 6.04 Å². The minimum absolute atomic E-state index is 0.00694. The summed E-state index contributed by atoms with van der Waals surface area (Å²) in [5.74, 6) is 0.427. The van der Waals surface area contributed by atoms with Gasteiger partial charge in [0.2, 0.25) is 5.91 Å². The molecule has 0 N–H and O–H groups in total. The lowest BCUT2D eigenvalue weighted by molar-refractivity contribution is -0.144. The molecule has 4 rings (SSSR count). The molecule has 198 valence electrons. The number of hydrogen-bond acceptors (Lipinski definition) is 6. The van der Waals surface area contributed by atoms with Gasteiger partial charge in [-0.2, -0.15) is 5.10 Å². The minimum atomic E-state index is -0.418. The van der Waals surface area contributed by atoms with Gasteiger partial charge in [-0.15, -0.1) is 0 Å². The molecule has 1 aliphatic heterocycles. The van der Waals surface area contributed by atoms with Gasteiger partial charge in [0.15, 0.2) is 11.5 Å². The summed E-state index contributed by atoms with van der Waals surface area (Å²) in [4.78, 5) is 28.5. The van der Waals surface area contributed by atoms with Crippen molar-refractivity contribution in [1.29, 1.82) is 0 Å². The van der Waals surface area contributed by atoms with Crippen LogP contribution in [0.4, 0.5) is 4.39 Å². The van der Waals surface area contributed by atoms with Crippen LogP contribution in [0.15, 0.2) is 47.6 Å². The lowest BCUT2D eigenvalue weighted by atomic mass is 9.98. The van der Waals surface area contributed by atoms with Gasteiger partial charge in [0.25, 0.3) is 5.91 Å². The Morgan fingerprint density at radius 1 is 1.03 bits per heavy atom. The Kier molecular flexibility index (Phi) is 8.76. The summed E-state index contributed by atoms with van der Waals surface area (Å²) in [5, 5.41) is 6.12. The summed E-state index contributed by atoms with van der Waals surface area (Å²) in [6.45, 7) is 0.582. The number of carbonyl (C=O) groups excluding carboxylic acids is 2. The van der Waals surface area contributed by atoms with Crippen LogP contribution in [0.1, 0.15) is 49.3 Å². The number of methoxy groups -OCH3 is 3. The van der Waals surface area contributed by atoms with Gasteiger partial charge in [-0.1, -0.05) is 31.0 Å². The van der Waals surface area contributed by atoms with Crippen molar-refractivity contribution in [3.05, 3.63) is 59.4 Å². The van der Waals surface area contributed by atoms with E-state index in [0.717, 1.165) is 36.8 Å².